The summed E-state index contributed by atoms with van der Waals surface area (Å²) in [7, 11) is 0. The van der Waals surface area contributed by atoms with Crippen molar-refractivity contribution in [3.8, 4) is 11.5 Å². The minimum absolute atomic E-state index is 0.0600. The largest absolute Gasteiger partial charge is 0.480 e. The Hall–Kier alpha value is -4.05. The highest BCUT2D eigenvalue weighted by molar-refractivity contribution is 6.14. The molecule has 10 nitrogen and oxygen atoms in total. The van der Waals surface area contributed by atoms with E-state index in [9.17, 15) is 29.1 Å². The Morgan fingerprint density at radius 3 is 1.65 bits per heavy atom. The van der Waals surface area contributed by atoms with Crippen LogP contribution in [-0.2, 0) is 14.4 Å². The summed E-state index contributed by atoms with van der Waals surface area (Å²) in [5, 5.41) is 9.92. The number of benzene rings is 2. The zero-order valence-corrected chi connectivity index (χ0v) is 18.9. The number of hydrogen-bond donors (Lipinski definition) is 2. The number of aliphatic carboxylic acids is 1. The van der Waals surface area contributed by atoms with Crippen LogP contribution in [0.1, 0.15) is 53.8 Å². The standard InChI is InChI=1S/C24H26N2O8/c1-15(27)33-20-12-5-3-9-17(20)22(29)26(19(24(31)32)11-7-8-14-25)23(30)18-10-4-6-13-21(18)34-16(2)28/h3-6,9-10,12-13,19H,7-8,11,14,25H2,1-2H3,(H,31,32). The first-order valence-electron chi connectivity index (χ1n) is 10.5. The van der Waals surface area contributed by atoms with Crippen molar-refractivity contribution in [2.45, 2.75) is 39.2 Å². The molecule has 3 N–H and O–H groups in total. The van der Waals surface area contributed by atoms with Crippen molar-refractivity contribution in [1.29, 1.82) is 0 Å². The molecule has 0 aromatic heterocycles. The van der Waals surface area contributed by atoms with Crippen LogP contribution in [0.25, 0.3) is 0 Å². The van der Waals surface area contributed by atoms with E-state index in [2.05, 4.69) is 0 Å². The van der Waals surface area contributed by atoms with E-state index in [1.807, 2.05) is 0 Å². The van der Waals surface area contributed by atoms with Gasteiger partial charge in [-0.2, -0.15) is 0 Å². The third-order valence-corrected chi connectivity index (χ3v) is 4.71. The molecule has 0 bridgehead atoms. The fourth-order valence-electron chi connectivity index (χ4n) is 3.25. The minimum Gasteiger partial charge on any atom is -0.480 e. The summed E-state index contributed by atoms with van der Waals surface area (Å²) in [6, 6.07) is 9.81. The summed E-state index contributed by atoms with van der Waals surface area (Å²) in [6.07, 6.45) is 0.755. The van der Waals surface area contributed by atoms with Gasteiger partial charge in [-0.1, -0.05) is 24.3 Å². The van der Waals surface area contributed by atoms with Crippen LogP contribution in [0.2, 0.25) is 0 Å². The molecule has 0 aliphatic heterocycles. The molecule has 0 spiro atoms. The van der Waals surface area contributed by atoms with Gasteiger partial charge in [0, 0.05) is 13.8 Å². The molecule has 34 heavy (non-hydrogen) atoms. The Labute approximate surface area is 196 Å². The SMILES string of the molecule is CC(=O)Oc1ccccc1C(=O)N(C(=O)c1ccccc1OC(C)=O)C(CCCCN)C(=O)O. The van der Waals surface area contributed by atoms with Crippen molar-refractivity contribution in [2.75, 3.05) is 6.54 Å². The lowest BCUT2D eigenvalue weighted by Crippen LogP contribution is -2.49. The highest BCUT2D eigenvalue weighted by atomic mass is 16.5. The van der Waals surface area contributed by atoms with Crippen molar-refractivity contribution in [2.24, 2.45) is 5.73 Å². The van der Waals surface area contributed by atoms with Crippen molar-refractivity contribution in [3.63, 3.8) is 0 Å². The second-order valence-corrected chi connectivity index (χ2v) is 7.30. The quantitative estimate of drug-likeness (QED) is 0.231. The van der Waals surface area contributed by atoms with Gasteiger partial charge in [0.25, 0.3) is 11.8 Å². The molecular weight excluding hydrogens is 444 g/mol. The lowest BCUT2D eigenvalue weighted by molar-refractivity contribution is -0.142. The summed E-state index contributed by atoms with van der Waals surface area (Å²) < 4.78 is 10.2. The van der Waals surface area contributed by atoms with Gasteiger partial charge in [0.2, 0.25) is 0 Å². The molecule has 0 radical (unpaired) electrons. The number of nitrogens with zero attached hydrogens (tertiary/aromatic N) is 1. The van der Waals surface area contributed by atoms with Gasteiger partial charge in [-0.05, 0) is 50.1 Å². The number of rotatable bonds is 10. The van der Waals surface area contributed by atoms with Crippen LogP contribution in [0.3, 0.4) is 0 Å². The Morgan fingerprint density at radius 1 is 0.824 bits per heavy atom. The molecule has 0 saturated carbocycles. The lowest BCUT2D eigenvalue weighted by atomic mass is 10.0. The summed E-state index contributed by atoms with van der Waals surface area (Å²) >= 11 is 0. The summed E-state index contributed by atoms with van der Waals surface area (Å²) in [5.41, 5.74) is 5.15. The number of nitrogens with two attached hydrogens (primary N) is 1. The van der Waals surface area contributed by atoms with Crippen molar-refractivity contribution < 1.29 is 38.6 Å². The highest BCUT2D eigenvalue weighted by Crippen LogP contribution is 2.27. The predicted octanol–water partition coefficient (Wildman–Crippen LogP) is 2.40. The van der Waals surface area contributed by atoms with Crippen LogP contribution in [0.5, 0.6) is 11.5 Å². The maximum Gasteiger partial charge on any atom is 0.326 e. The van der Waals surface area contributed by atoms with Gasteiger partial charge < -0.3 is 20.3 Å². The van der Waals surface area contributed by atoms with E-state index in [1.165, 1.54) is 48.5 Å². The van der Waals surface area contributed by atoms with E-state index in [1.54, 1.807) is 0 Å². The molecule has 10 heteroatoms. The highest BCUT2D eigenvalue weighted by Gasteiger charge is 2.38. The van der Waals surface area contributed by atoms with E-state index in [0.29, 0.717) is 24.3 Å². The molecule has 2 amide bonds. The maximum atomic E-state index is 13.6. The molecule has 2 rings (SSSR count). The molecule has 0 aliphatic carbocycles. The second kappa shape index (κ2) is 12.3. The fraction of sp³-hybridized carbons (Fsp3) is 0.292. The number of carboxylic acid groups (broad SMARTS) is 1. The maximum absolute atomic E-state index is 13.6. The smallest absolute Gasteiger partial charge is 0.326 e. The topological polar surface area (TPSA) is 153 Å². The first-order valence-corrected chi connectivity index (χ1v) is 10.5. The molecule has 2 aromatic rings. The molecular formula is C24H26N2O8. The summed E-state index contributed by atoms with van der Waals surface area (Å²) in [4.78, 5) is 63.0. The van der Waals surface area contributed by atoms with Gasteiger partial charge in [-0.25, -0.2) is 4.79 Å². The van der Waals surface area contributed by atoms with Crippen LogP contribution < -0.4 is 15.2 Å². The van der Waals surface area contributed by atoms with E-state index >= 15 is 0 Å². The van der Waals surface area contributed by atoms with Gasteiger partial charge in [0.05, 0.1) is 11.1 Å². The van der Waals surface area contributed by atoms with Crippen molar-refractivity contribution >= 4 is 29.7 Å². The van der Waals surface area contributed by atoms with Crippen LogP contribution in [0.15, 0.2) is 48.5 Å². The average Bonchev–Trinajstić information content (AvgIpc) is 2.78. The normalized spacial score (nSPS) is 11.3. The molecule has 1 unspecified atom stereocenters. The number of carboxylic acids is 1. The number of hydrogen-bond acceptors (Lipinski definition) is 8. The van der Waals surface area contributed by atoms with Crippen LogP contribution in [-0.4, -0.2) is 52.3 Å². The third-order valence-electron chi connectivity index (χ3n) is 4.71. The number of para-hydroxylation sites is 2. The zero-order valence-electron chi connectivity index (χ0n) is 18.9. The van der Waals surface area contributed by atoms with E-state index < -0.39 is 35.8 Å². The zero-order chi connectivity index (χ0) is 25.3. The Kier molecular flexibility index (Phi) is 9.45. The van der Waals surface area contributed by atoms with E-state index in [0.717, 1.165) is 13.8 Å². The fourth-order valence-corrected chi connectivity index (χ4v) is 3.25. The van der Waals surface area contributed by atoms with E-state index in [4.69, 9.17) is 15.2 Å². The molecule has 0 aliphatic rings. The van der Waals surface area contributed by atoms with E-state index in [-0.39, 0.29) is 29.0 Å². The Bertz CT molecular complexity index is 1010. The second-order valence-electron chi connectivity index (χ2n) is 7.30. The number of amides is 2. The molecule has 0 heterocycles. The molecule has 0 fully saturated rings. The minimum atomic E-state index is -1.55. The third kappa shape index (κ3) is 6.72. The predicted molar refractivity (Wildman–Crippen MR) is 120 cm³/mol. The number of ether oxygens (including phenoxy) is 2. The van der Waals surface area contributed by atoms with Gasteiger partial charge >= 0.3 is 17.9 Å². The van der Waals surface area contributed by atoms with Gasteiger partial charge in [-0.15, -0.1) is 0 Å². The van der Waals surface area contributed by atoms with Crippen molar-refractivity contribution in [1.82, 2.24) is 4.90 Å². The van der Waals surface area contributed by atoms with Crippen molar-refractivity contribution in [3.05, 3.63) is 59.7 Å². The Balaban J connectivity index is 2.63. The monoisotopic (exact) mass is 470 g/mol. The first kappa shape index (κ1) is 26.2. The molecule has 2 aromatic carbocycles. The number of esters is 2. The van der Waals surface area contributed by atoms with Gasteiger partial charge in [0.1, 0.15) is 17.5 Å². The molecule has 180 valence electrons. The summed E-state index contributed by atoms with van der Waals surface area (Å²) in [5.74, 6) is -5.03. The van der Waals surface area contributed by atoms with Crippen LogP contribution in [0.4, 0.5) is 0 Å². The molecule has 1 atom stereocenters. The number of carbonyl (C=O) groups excluding carboxylic acids is 4. The van der Waals surface area contributed by atoms with Gasteiger partial charge in [0.15, 0.2) is 0 Å². The van der Waals surface area contributed by atoms with Crippen LogP contribution in [0, 0.1) is 0 Å². The average molecular weight is 470 g/mol. The number of unbranched alkanes of at least 4 members (excludes halogenated alkanes) is 1. The Morgan fingerprint density at radius 2 is 1.26 bits per heavy atom. The summed E-state index contributed by atoms with van der Waals surface area (Å²) in [6.45, 7) is 2.59. The van der Waals surface area contributed by atoms with Gasteiger partial charge in [-0.3, -0.25) is 24.1 Å². The number of carbonyl (C=O) groups is 5. The number of imide groups is 1. The van der Waals surface area contributed by atoms with Crippen LogP contribution >= 0.6 is 0 Å². The first-order chi connectivity index (χ1) is 16.2. The lowest BCUT2D eigenvalue weighted by Gasteiger charge is -2.28. The molecule has 0 saturated heterocycles.